The molecule has 3 saturated carbocycles. The molecule has 396 valence electrons. The lowest BCUT2D eigenvalue weighted by molar-refractivity contribution is 0.101. The number of carbonyl (C=O) groups is 3. The summed E-state index contributed by atoms with van der Waals surface area (Å²) in [4.78, 5) is 49.3. The summed E-state index contributed by atoms with van der Waals surface area (Å²) in [6.45, 7) is 0. The molecule has 0 atom stereocenters. The number of hydrogen-bond acceptors (Lipinski definition) is 12. The minimum atomic E-state index is -0.339. The van der Waals surface area contributed by atoms with Crippen molar-refractivity contribution in [2.24, 2.45) is 0 Å². The van der Waals surface area contributed by atoms with Crippen LogP contribution in [0.1, 0.15) is 108 Å². The number of benzene rings is 3. The van der Waals surface area contributed by atoms with Gasteiger partial charge in [0.05, 0.1) is 86.8 Å². The van der Waals surface area contributed by atoms with Crippen molar-refractivity contribution in [2.75, 3.05) is 37.3 Å². The summed E-state index contributed by atoms with van der Waals surface area (Å²) in [5.41, 5.74) is 2.28. The van der Waals surface area contributed by atoms with Gasteiger partial charge >= 0.3 is 0 Å². The van der Waals surface area contributed by atoms with Gasteiger partial charge in [-0.2, -0.15) is 0 Å². The molecule has 0 aliphatic heterocycles. The third-order valence-electron chi connectivity index (χ3n) is 12.3. The van der Waals surface area contributed by atoms with E-state index in [1.807, 2.05) is 0 Å². The summed E-state index contributed by atoms with van der Waals surface area (Å²) in [6, 6.07) is 15.2. The molecule has 3 aliphatic rings. The number of aromatic nitrogens is 3. The minimum Gasteiger partial charge on any atom is -0.493 e. The first-order chi connectivity index (χ1) is 36.2. The van der Waals surface area contributed by atoms with E-state index in [9.17, 15) is 14.4 Å². The van der Waals surface area contributed by atoms with E-state index in [-0.39, 0.29) is 66.2 Å². The molecule has 0 radical (unpaired) electrons. The summed E-state index contributed by atoms with van der Waals surface area (Å²) in [6.07, 6.45) is 22.1. The van der Waals surface area contributed by atoms with Gasteiger partial charge in [0.2, 0.25) is 0 Å². The Morgan fingerprint density at radius 2 is 0.613 bits per heavy atom. The fourth-order valence-corrected chi connectivity index (χ4v) is 9.81. The molecule has 3 N–H and O–H groups in total. The predicted molar refractivity (Wildman–Crippen MR) is 294 cm³/mol. The van der Waals surface area contributed by atoms with E-state index in [1.54, 1.807) is 75.9 Å². The Kier molecular flexibility index (Phi) is 21.0. The van der Waals surface area contributed by atoms with Crippen molar-refractivity contribution in [1.82, 2.24) is 15.0 Å². The van der Waals surface area contributed by atoms with Crippen LogP contribution in [0, 0.1) is 0 Å². The molecule has 3 amide bonds. The molecule has 0 unspecified atom stereocenters. The van der Waals surface area contributed by atoms with Gasteiger partial charge in [-0.3, -0.25) is 29.3 Å². The van der Waals surface area contributed by atoms with Crippen molar-refractivity contribution >= 4 is 104 Å². The lowest BCUT2D eigenvalue weighted by Crippen LogP contribution is -2.15. The van der Waals surface area contributed by atoms with Gasteiger partial charge in [0, 0.05) is 53.9 Å². The quantitative estimate of drug-likeness (QED) is 0.0886. The molecular formula is C54H54Cl6N6O9. The Morgan fingerprint density at radius 3 is 0.827 bits per heavy atom. The second kappa shape index (κ2) is 27.7. The molecule has 3 aromatic heterocycles. The average molecular weight is 1140 g/mol. The van der Waals surface area contributed by atoms with Crippen LogP contribution in [0.2, 0.25) is 30.1 Å². The smallest absolute Gasteiger partial charge is 0.255 e. The molecule has 6 aromatic rings. The molecular weight excluding hydrogens is 1090 g/mol. The van der Waals surface area contributed by atoms with E-state index in [0.717, 1.165) is 77.0 Å². The van der Waals surface area contributed by atoms with E-state index in [2.05, 4.69) is 30.9 Å². The zero-order valence-corrected chi connectivity index (χ0v) is 45.7. The van der Waals surface area contributed by atoms with Crippen molar-refractivity contribution in [3.05, 3.63) is 139 Å². The van der Waals surface area contributed by atoms with Crippen LogP contribution in [-0.2, 0) is 0 Å². The van der Waals surface area contributed by atoms with Gasteiger partial charge in [-0.1, -0.05) is 69.6 Å². The number of carbonyl (C=O) groups excluding carboxylic acids is 3. The number of pyridine rings is 3. The maximum absolute atomic E-state index is 12.6. The van der Waals surface area contributed by atoms with Crippen LogP contribution in [0.15, 0.2) is 91.8 Å². The molecule has 3 heterocycles. The van der Waals surface area contributed by atoms with Crippen molar-refractivity contribution in [3.63, 3.8) is 0 Å². The molecule has 75 heavy (non-hydrogen) atoms. The van der Waals surface area contributed by atoms with Crippen molar-refractivity contribution < 1.29 is 42.8 Å². The fraction of sp³-hybridized carbons (Fsp3) is 0.333. The van der Waals surface area contributed by atoms with Crippen molar-refractivity contribution in [2.45, 2.75) is 95.4 Å². The molecule has 9 rings (SSSR count). The maximum Gasteiger partial charge on any atom is 0.255 e. The summed E-state index contributed by atoms with van der Waals surface area (Å²) in [5.74, 6) is 2.48. The van der Waals surface area contributed by atoms with Gasteiger partial charge in [-0.05, 0) is 132 Å². The Morgan fingerprint density at radius 1 is 0.387 bits per heavy atom. The Labute approximate surface area is 465 Å². The number of amides is 3. The van der Waals surface area contributed by atoms with Gasteiger partial charge in [0.1, 0.15) is 0 Å². The lowest BCUT2D eigenvalue weighted by Gasteiger charge is -2.17. The highest BCUT2D eigenvalue weighted by Gasteiger charge is 2.24. The van der Waals surface area contributed by atoms with E-state index < -0.39 is 0 Å². The monoisotopic (exact) mass is 1140 g/mol. The van der Waals surface area contributed by atoms with Gasteiger partial charge in [-0.15, -0.1) is 0 Å². The number of nitrogens with zero attached hydrogens (tertiary/aromatic N) is 3. The van der Waals surface area contributed by atoms with Crippen LogP contribution < -0.4 is 44.4 Å². The first kappa shape index (κ1) is 56.8. The maximum atomic E-state index is 12.6. The van der Waals surface area contributed by atoms with Crippen LogP contribution in [0.25, 0.3) is 0 Å². The van der Waals surface area contributed by atoms with Gasteiger partial charge < -0.3 is 44.4 Å². The largest absolute Gasteiger partial charge is 0.493 e. The molecule has 0 bridgehead atoms. The number of rotatable bonds is 15. The first-order valence-corrected chi connectivity index (χ1v) is 26.4. The number of hydrogen-bond donors (Lipinski definition) is 3. The van der Waals surface area contributed by atoms with Gasteiger partial charge in [0.15, 0.2) is 34.5 Å². The first-order valence-electron chi connectivity index (χ1n) is 24.1. The number of nitrogens with one attached hydrogen (secondary N) is 3. The second-order valence-corrected chi connectivity index (χ2v) is 19.9. The Balaban J connectivity index is 0.000000164. The highest BCUT2D eigenvalue weighted by Crippen LogP contribution is 2.38. The Bertz CT molecular complexity index is 2580. The molecule has 3 fully saturated rings. The standard InChI is InChI=1S/3C18H18Cl2N2O3/c3*1-24-15-7-6-11(8-16(15)25-12-4-2-3-5-12)18(23)22-17-13(19)9-21-10-14(17)20/h3*6-10,12H,2-5H2,1H3,(H,21,22,23). The minimum absolute atomic E-state index is 0.163. The van der Waals surface area contributed by atoms with Crippen LogP contribution in [0.4, 0.5) is 17.1 Å². The fourth-order valence-electron chi connectivity index (χ4n) is 8.44. The molecule has 15 nitrogen and oxygen atoms in total. The summed E-state index contributed by atoms with van der Waals surface area (Å²) >= 11 is 36.3. The van der Waals surface area contributed by atoms with E-state index >= 15 is 0 Å². The van der Waals surface area contributed by atoms with Gasteiger partial charge in [-0.25, -0.2) is 0 Å². The molecule has 0 spiro atoms. The topological polar surface area (TPSA) is 181 Å². The van der Waals surface area contributed by atoms with E-state index in [4.69, 9.17) is 98.0 Å². The van der Waals surface area contributed by atoms with Crippen LogP contribution >= 0.6 is 69.6 Å². The van der Waals surface area contributed by atoms with Crippen molar-refractivity contribution in [3.8, 4) is 34.5 Å². The van der Waals surface area contributed by atoms with Crippen LogP contribution in [0.3, 0.4) is 0 Å². The molecule has 3 aliphatic carbocycles. The molecule has 3 aromatic carbocycles. The summed E-state index contributed by atoms with van der Waals surface area (Å²) < 4.78 is 34.1. The number of ether oxygens (including phenoxy) is 6. The highest BCUT2D eigenvalue weighted by atomic mass is 35.5. The number of methoxy groups -OCH3 is 3. The zero-order valence-electron chi connectivity index (χ0n) is 41.2. The third-order valence-corrected chi connectivity index (χ3v) is 14.1. The van der Waals surface area contributed by atoms with Gasteiger partial charge in [0.25, 0.3) is 17.7 Å². The zero-order chi connectivity index (χ0) is 53.4. The average Bonchev–Trinajstić information content (AvgIpc) is 4.24. The number of halogens is 6. The van der Waals surface area contributed by atoms with Crippen LogP contribution in [0.5, 0.6) is 34.5 Å². The Hall–Kier alpha value is -5.94. The molecule has 21 heteroatoms. The normalized spacial score (nSPS) is 14.4. The number of anilines is 3. The highest BCUT2D eigenvalue weighted by molar-refractivity contribution is 6.41. The van der Waals surface area contributed by atoms with E-state index in [0.29, 0.717) is 68.2 Å². The lowest BCUT2D eigenvalue weighted by atomic mass is 10.1. The third kappa shape index (κ3) is 15.6. The predicted octanol–water partition coefficient (Wildman–Crippen LogP) is 14.9. The second-order valence-electron chi connectivity index (χ2n) is 17.5. The summed E-state index contributed by atoms with van der Waals surface area (Å²) in [5, 5.41) is 9.79. The molecule has 0 saturated heterocycles. The van der Waals surface area contributed by atoms with E-state index in [1.165, 1.54) is 37.2 Å². The SMILES string of the molecule is COc1ccc(C(=O)Nc2c(Cl)cncc2Cl)cc1OC1CCCC1.COc1ccc(C(=O)Nc2c(Cl)cncc2Cl)cc1OC1CCCC1.COc1ccc(C(=O)Nc2c(Cl)cncc2Cl)cc1OC1CCCC1. The summed E-state index contributed by atoms with van der Waals surface area (Å²) in [7, 11) is 4.73. The van der Waals surface area contributed by atoms with Crippen LogP contribution in [-0.4, -0.2) is 72.3 Å². The van der Waals surface area contributed by atoms with Crippen molar-refractivity contribution in [1.29, 1.82) is 0 Å².